The molecule has 1 amide bonds. The van der Waals surface area contributed by atoms with Gasteiger partial charge in [-0.15, -0.1) is 5.92 Å². The number of carboxylic acid groups (broad SMARTS) is 1. The predicted octanol–water partition coefficient (Wildman–Crippen LogP) is 5.96. The molecular formula is C45H57NO16. The lowest BCUT2D eigenvalue weighted by Crippen LogP contribution is -2.56. The number of unbranched alkanes of at least 4 members (excludes halogenated alkanes) is 8. The van der Waals surface area contributed by atoms with Crippen LogP contribution >= 0.6 is 0 Å². The van der Waals surface area contributed by atoms with Crippen LogP contribution in [-0.4, -0.2) is 58.1 Å². The Bertz CT molecular complexity index is 2130. The lowest BCUT2D eigenvalue weighted by Gasteiger charge is -2.31. The number of allylic oxidation sites excluding steroid dienone is 1. The largest absolute Gasteiger partial charge is 0.519 e. The maximum absolute atomic E-state index is 14.3. The molecular weight excluding hydrogens is 810 g/mol. The van der Waals surface area contributed by atoms with Crippen molar-refractivity contribution < 1.29 is 66.1 Å². The summed E-state index contributed by atoms with van der Waals surface area (Å²) in [7, 11) is 0. The van der Waals surface area contributed by atoms with Crippen LogP contribution in [0.1, 0.15) is 126 Å². The summed E-state index contributed by atoms with van der Waals surface area (Å²) in [6.45, 7) is 5.41. The monoisotopic (exact) mass is 867 g/mol. The zero-order valence-electron chi connectivity index (χ0n) is 35.7. The van der Waals surface area contributed by atoms with Crippen LogP contribution < -0.4 is 21.7 Å². The zero-order chi connectivity index (χ0) is 45.5. The average Bonchev–Trinajstić information content (AvgIpc) is 3.74. The van der Waals surface area contributed by atoms with E-state index in [-0.39, 0.29) is 41.9 Å². The first-order valence-corrected chi connectivity index (χ1v) is 20.7. The number of esters is 2. The highest BCUT2D eigenvalue weighted by Gasteiger charge is 2.50. The summed E-state index contributed by atoms with van der Waals surface area (Å²) in [5.74, 6) is -3.53. The number of carbonyl (C=O) groups is 5. The average molecular weight is 868 g/mol. The minimum atomic E-state index is -3.06. The normalized spacial score (nSPS) is 13.0. The first-order valence-electron chi connectivity index (χ1n) is 20.7. The number of hydrogen-bond donors (Lipinski definition) is 3. The van der Waals surface area contributed by atoms with Crippen molar-refractivity contribution in [3.8, 4) is 17.6 Å². The number of ether oxygens (including phenoxy) is 3. The first-order chi connectivity index (χ1) is 29.7. The Labute approximate surface area is 359 Å². The van der Waals surface area contributed by atoms with Gasteiger partial charge in [0.25, 0.3) is 0 Å². The number of hydrogen-bond acceptors (Lipinski definition) is 15. The van der Waals surface area contributed by atoms with Crippen molar-refractivity contribution in [2.75, 3.05) is 6.61 Å². The quantitative estimate of drug-likeness (QED) is 0.0315. The van der Waals surface area contributed by atoms with Crippen LogP contribution in [0.15, 0.2) is 63.7 Å². The third-order valence-corrected chi connectivity index (χ3v) is 9.84. The van der Waals surface area contributed by atoms with Gasteiger partial charge in [0.2, 0.25) is 5.91 Å². The Morgan fingerprint density at radius 2 is 1.40 bits per heavy atom. The second-order valence-corrected chi connectivity index (χ2v) is 14.7. The van der Waals surface area contributed by atoms with E-state index in [0.29, 0.717) is 37.0 Å². The molecule has 3 rings (SSSR count). The van der Waals surface area contributed by atoms with Gasteiger partial charge in [-0.25, -0.2) is 19.2 Å². The number of carbonyl (C=O) groups excluding carboxylic acids is 4. The number of nitrogens with one attached hydrogen (secondary N) is 1. The van der Waals surface area contributed by atoms with Crippen molar-refractivity contribution in [2.24, 2.45) is 5.92 Å². The maximum Gasteiger partial charge on any atom is 0.519 e. The summed E-state index contributed by atoms with van der Waals surface area (Å²) in [5.41, 5.74) is -2.56. The van der Waals surface area contributed by atoms with E-state index in [0.717, 1.165) is 51.4 Å². The number of rotatable bonds is 29. The van der Waals surface area contributed by atoms with E-state index in [1.54, 1.807) is 31.2 Å². The fraction of sp³-hybridized carbons (Fsp3) is 0.533. The molecule has 0 saturated heterocycles. The molecule has 2 heterocycles. The van der Waals surface area contributed by atoms with Crippen LogP contribution in [0.5, 0.6) is 5.75 Å². The number of aliphatic carboxylic acids is 1. The summed E-state index contributed by atoms with van der Waals surface area (Å²) in [6, 6.07) is 4.96. The van der Waals surface area contributed by atoms with E-state index in [9.17, 15) is 43.8 Å². The molecule has 2 aromatic heterocycles. The molecule has 0 aliphatic carbocycles. The molecule has 0 fully saturated rings. The van der Waals surface area contributed by atoms with Gasteiger partial charge in [-0.05, 0) is 64.2 Å². The molecule has 0 spiro atoms. The van der Waals surface area contributed by atoms with Gasteiger partial charge in [0.15, 0.2) is 41.9 Å². The molecule has 3 aromatic rings. The van der Waals surface area contributed by atoms with Crippen molar-refractivity contribution in [1.82, 2.24) is 5.32 Å². The second kappa shape index (κ2) is 26.2. The number of ketones is 1. The maximum atomic E-state index is 14.3. The molecule has 1 aromatic carbocycles. The lowest BCUT2D eigenvalue weighted by atomic mass is 9.82. The van der Waals surface area contributed by atoms with Crippen LogP contribution in [0.4, 0.5) is 0 Å². The van der Waals surface area contributed by atoms with E-state index in [2.05, 4.69) is 24.1 Å². The Morgan fingerprint density at radius 1 is 0.823 bits per heavy atom. The number of carboxylic acids is 1. The SMILES string of the molecule is CC#CCOc1ccc(C[C@H](NC(=O)[C@@H](C=CCCCCCCC(=O)CCCCCCC)[C@@](O)(CC(=O)O)C(=O)OCc2oc(=O)oc2C)C(=O)OCc2oc(=O)oc2C)cc1. The molecule has 0 saturated carbocycles. The van der Waals surface area contributed by atoms with Crippen LogP contribution in [-0.2, 0) is 53.1 Å². The van der Waals surface area contributed by atoms with E-state index < -0.39 is 72.7 Å². The highest BCUT2D eigenvalue weighted by molar-refractivity contribution is 5.95. The van der Waals surface area contributed by atoms with Gasteiger partial charge in [-0.2, -0.15) is 0 Å². The summed E-state index contributed by atoms with van der Waals surface area (Å²) < 4.78 is 35.5. The zero-order valence-corrected chi connectivity index (χ0v) is 35.7. The van der Waals surface area contributed by atoms with Gasteiger partial charge < -0.3 is 47.4 Å². The van der Waals surface area contributed by atoms with Crippen molar-refractivity contribution in [1.29, 1.82) is 0 Å². The number of Topliss-reactive ketones (excluding diaryl/α,β-unsaturated/α-hetero) is 1. The van der Waals surface area contributed by atoms with Crippen LogP contribution in [0.25, 0.3) is 0 Å². The fourth-order valence-corrected chi connectivity index (χ4v) is 6.33. The molecule has 62 heavy (non-hydrogen) atoms. The van der Waals surface area contributed by atoms with Gasteiger partial charge in [-0.3, -0.25) is 14.4 Å². The Hall–Kier alpha value is -6.15. The highest BCUT2D eigenvalue weighted by Crippen LogP contribution is 2.28. The standard InChI is InChI=1S/C45H57NO16/c1-5-7-9-12-15-18-33(47)19-16-13-10-11-14-17-20-35(45(55,27-39(48)49)42(52)58-29-38-31(4)60-44(54)62-38)40(50)46-36(41(51)57-28-37-30(3)59-43(53)61-37)26-32-21-23-34(24-22-32)56-25-8-6-2/h17,20-24,35-36,55H,5,7,9-16,18-19,25-29H2,1-4H3,(H,46,50)(H,48,49)/t35-,36+,45+/m1/s1. The third-order valence-electron chi connectivity index (χ3n) is 9.84. The van der Waals surface area contributed by atoms with Gasteiger partial charge >= 0.3 is 29.6 Å². The summed E-state index contributed by atoms with van der Waals surface area (Å²) in [5, 5.41) is 24.3. The predicted molar refractivity (Wildman–Crippen MR) is 220 cm³/mol. The topological polar surface area (TPSA) is 252 Å². The van der Waals surface area contributed by atoms with Crippen molar-refractivity contribution >= 4 is 29.6 Å². The molecule has 17 heteroatoms. The molecule has 0 bridgehead atoms. The van der Waals surface area contributed by atoms with E-state index >= 15 is 0 Å². The molecule has 0 aliphatic heterocycles. The van der Waals surface area contributed by atoms with Crippen LogP contribution in [0, 0.1) is 31.6 Å². The molecule has 338 valence electrons. The van der Waals surface area contributed by atoms with Crippen molar-refractivity contribution in [2.45, 2.75) is 142 Å². The van der Waals surface area contributed by atoms with Crippen molar-refractivity contribution in [3.05, 3.63) is 86.3 Å². The number of benzene rings is 1. The third kappa shape index (κ3) is 17.1. The Balaban J connectivity index is 1.85. The number of aliphatic hydroxyl groups is 1. The Morgan fingerprint density at radius 3 is 1.95 bits per heavy atom. The smallest absolute Gasteiger partial charge is 0.481 e. The molecule has 3 N–H and O–H groups in total. The second-order valence-electron chi connectivity index (χ2n) is 14.7. The van der Waals surface area contributed by atoms with E-state index in [1.165, 1.54) is 26.0 Å². The van der Waals surface area contributed by atoms with Gasteiger partial charge in [-0.1, -0.05) is 75.7 Å². The minimum absolute atomic E-state index is 0.0361. The van der Waals surface area contributed by atoms with Crippen LogP contribution in [0.3, 0.4) is 0 Å². The highest BCUT2D eigenvalue weighted by atomic mass is 16.6. The summed E-state index contributed by atoms with van der Waals surface area (Å²) in [6.07, 6.45) is 10.7. The van der Waals surface area contributed by atoms with Crippen molar-refractivity contribution in [3.63, 3.8) is 0 Å². The molecule has 0 aliphatic rings. The minimum Gasteiger partial charge on any atom is -0.481 e. The van der Waals surface area contributed by atoms with Gasteiger partial charge in [0.1, 0.15) is 24.2 Å². The van der Waals surface area contributed by atoms with E-state index in [4.69, 9.17) is 31.9 Å². The molecule has 0 radical (unpaired) electrons. The Kier molecular flexibility index (Phi) is 21.3. The van der Waals surface area contributed by atoms with Gasteiger partial charge in [0, 0.05) is 19.3 Å². The summed E-state index contributed by atoms with van der Waals surface area (Å²) >= 11 is 0. The van der Waals surface area contributed by atoms with E-state index in [1.807, 2.05) is 0 Å². The van der Waals surface area contributed by atoms with Gasteiger partial charge in [0.05, 0.1) is 12.3 Å². The first kappa shape index (κ1) is 50.2. The number of aryl methyl sites for hydroxylation is 2. The lowest BCUT2D eigenvalue weighted by molar-refractivity contribution is -0.179. The summed E-state index contributed by atoms with van der Waals surface area (Å²) in [4.78, 5) is 89.2. The fourth-order valence-electron chi connectivity index (χ4n) is 6.33. The molecule has 0 unspecified atom stereocenters. The molecule has 3 atom stereocenters. The van der Waals surface area contributed by atoms with Crippen LogP contribution in [0.2, 0.25) is 0 Å². The number of amides is 1. The molecule has 17 nitrogen and oxygen atoms in total.